The summed E-state index contributed by atoms with van der Waals surface area (Å²) in [6, 6.07) is 10.3. The van der Waals surface area contributed by atoms with E-state index >= 15 is 0 Å². The molecule has 1 aromatic carbocycles. The molecule has 6 nitrogen and oxygen atoms in total. The van der Waals surface area contributed by atoms with Crippen LogP contribution in [0.5, 0.6) is 0 Å². The first-order chi connectivity index (χ1) is 11.8. The average Bonchev–Trinajstić information content (AvgIpc) is 3.10. The summed E-state index contributed by atoms with van der Waals surface area (Å²) in [5, 5.41) is 4.35. The van der Waals surface area contributed by atoms with E-state index in [4.69, 9.17) is 10.5 Å². The van der Waals surface area contributed by atoms with E-state index in [1.54, 1.807) is 28.9 Å². The summed E-state index contributed by atoms with van der Waals surface area (Å²) in [5.74, 6) is 0.576. The number of halogens is 1. The molecular formula is C17H18FN5O. The highest BCUT2D eigenvalue weighted by Gasteiger charge is 2.23. The number of hydrogen-bond acceptors (Lipinski definition) is 5. The molecule has 0 amide bonds. The molecule has 1 aliphatic rings. The molecule has 3 aromatic rings. The van der Waals surface area contributed by atoms with Gasteiger partial charge in [0.15, 0.2) is 5.65 Å². The molecule has 2 N–H and O–H groups in total. The first kappa shape index (κ1) is 15.0. The van der Waals surface area contributed by atoms with Crippen LogP contribution in [-0.4, -0.2) is 46.9 Å². The summed E-state index contributed by atoms with van der Waals surface area (Å²) in [4.78, 5) is 6.70. The predicted molar refractivity (Wildman–Crippen MR) is 89.4 cm³/mol. The number of anilines is 1. The van der Waals surface area contributed by atoms with Gasteiger partial charge in [-0.3, -0.25) is 0 Å². The van der Waals surface area contributed by atoms with Gasteiger partial charge in [-0.25, -0.2) is 9.37 Å². The van der Waals surface area contributed by atoms with Crippen molar-refractivity contribution in [2.45, 2.75) is 6.10 Å². The van der Waals surface area contributed by atoms with Crippen molar-refractivity contribution in [1.82, 2.24) is 14.6 Å². The second-order valence-corrected chi connectivity index (χ2v) is 5.76. The summed E-state index contributed by atoms with van der Waals surface area (Å²) in [7, 11) is 0. The molecule has 1 unspecified atom stereocenters. The molecule has 7 heteroatoms. The van der Waals surface area contributed by atoms with Gasteiger partial charge in [0.25, 0.3) is 0 Å². The second kappa shape index (κ2) is 6.18. The molecule has 1 saturated heterocycles. The van der Waals surface area contributed by atoms with Gasteiger partial charge in [0.05, 0.1) is 24.6 Å². The first-order valence-corrected chi connectivity index (χ1v) is 7.92. The molecule has 0 saturated carbocycles. The second-order valence-electron chi connectivity index (χ2n) is 5.76. The Morgan fingerprint density at radius 2 is 2.17 bits per heavy atom. The van der Waals surface area contributed by atoms with Crippen LogP contribution in [0.4, 0.5) is 10.2 Å². The van der Waals surface area contributed by atoms with Crippen molar-refractivity contribution in [3.63, 3.8) is 0 Å². The zero-order valence-electron chi connectivity index (χ0n) is 13.1. The fraction of sp³-hybridized carbons (Fsp3) is 0.294. The van der Waals surface area contributed by atoms with Crippen LogP contribution in [0.15, 0.2) is 42.6 Å². The monoisotopic (exact) mass is 327 g/mol. The Bertz CT molecular complexity index is 865. The molecule has 0 aliphatic carbocycles. The van der Waals surface area contributed by atoms with Crippen molar-refractivity contribution in [3.05, 3.63) is 48.4 Å². The minimum atomic E-state index is -0.290. The van der Waals surface area contributed by atoms with Crippen molar-refractivity contribution in [2.75, 3.05) is 31.1 Å². The number of benzene rings is 1. The van der Waals surface area contributed by atoms with Gasteiger partial charge < -0.3 is 15.4 Å². The Kier molecular flexibility index (Phi) is 3.87. The van der Waals surface area contributed by atoms with Gasteiger partial charge in [0.2, 0.25) is 0 Å². The molecule has 0 bridgehead atoms. The van der Waals surface area contributed by atoms with E-state index in [1.165, 1.54) is 6.07 Å². The Balaban J connectivity index is 1.83. The zero-order chi connectivity index (χ0) is 16.5. The van der Waals surface area contributed by atoms with E-state index < -0.39 is 0 Å². The number of aromatic nitrogens is 3. The number of nitrogens with zero attached hydrogens (tertiary/aromatic N) is 4. The fourth-order valence-corrected chi connectivity index (χ4v) is 3.00. The minimum absolute atomic E-state index is 0.0190. The van der Waals surface area contributed by atoms with Crippen molar-refractivity contribution >= 4 is 11.5 Å². The third kappa shape index (κ3) is 2.61. The van der Waals surface area contributed by atoms with Crippen LogP contribution in [0, 0.1) is 5.82 Å². The maximum atomic E-state index is 14.2. The zero-order valence-corrected chi connectivity index (χ0v) is 13.1. The molecule has 3 heterocycles. The molecule has 0 spiro atoms. The molecule has 2 aromatic heterocycles. The lowest BCUT2D eigenvalue weighted by molar-refractivity contribution is 0.0461. The maximum absolute atomic E-state index is 14.2. The van der Waals surface area contributed by atoms with Crippen molar-refractivity contribution < 1.29 is 9.13 Å². The summed E-state index contributed by atoms with van der Waals surface area (Å²) < 4.78 is 21.6. The van der Waals surface area contributed by atoms with E-state index in [-0.39, 0.29) is 11.9 Å². The van der Waals surface area contributed by atoms with Crippen LogP contribution in [0.2, 0.25) is 0 Å². The van der Waals surface area contributed by atoms with Crippen molar-refractivity contribution in [1.29, 1.82) is 0 Å². The van der Waals surface area contributed by atoms with Crippen LogP contribution < -0.4 is 10.6 Å². The number of hydrogen-bond donors (Lipinski definition) is 1. The maximum Gasteiger partial charge on any atom is 0.157 e. The predicted octanol–water partition coefficient (Wildman–Crippen LogP) is 1.70. The van der Waals surface area contributed by atoms with Crippen molar-refractivity contribution in [3.8, 4) is 11.3 Å². The number of fused-ring (bicyclic) bond motifs is 1. The largest absolute Gasteiger partial charge is 0.373 e. The van der Waals surface area contributed by atoms with Gasteiger partial charge in [-0.15, -0.1) is 0 Å². The van der Waals surface area contributed by atoms with Crippen LogP contribution in [-0.2, 0) is 4.74 Å². The molecule has 4 rings (SSSR count). The van der Waals surface area contributed by atoms with Gasteiger partial charge in [0, 0.05) is 37.3 Å². The van der Waals surface area contributed by atoms with Crippen LogP contribution >= 0.6 is 0 Å². The smallest absolute Gasteiger partial charge is 0.157 e. The van der Waals surface area contributed by atoms with Gasteiger partial charge in [-0.05, 0) is 12.1 Å². The van der Waals surface area contributed by atoms with Crippen LogP contribution in [0.3, 0.4) is 0 Å². The SMILES string of the molecule is NCC1CN(c2cc(-c3ccccc3F)nc3ccnn23)CCO1. The Morgan fingerprint density at radius 3 is 3.00 bits per heavy atom. The van der Waals surface area contributed by atoms with Crippen LogP contribution in [0.1, 0.15) is 0 Å². The number of rotatable bonds is 3. The molecule has 1 fully saturated rings. The lowest BCUT2D eigenvalue weighted by Crippen LogP contribution is -2.46. The summed E-state index contributed by atoms with van der Waals surface area (Å²) in [6.07, 6.45) is 1.67. The summed E-state index contributed by atoms with van der Waals surface area (Å²) >= 11 is 0. The van der Waals surface area contributed by atoms with E-state index in [9.17, 15) is 4.39 Å². The first-order valence-electron chi connectivity index (χ1n) is 7.92. The Morgan fingerprint density at radius 1 is 1.29 bits per heavy atom. The Hall–Kier alpha value is -2.51. The average molecular weight is 327 g/mol. The van der Waals surface area contributed by atoms with Gasteiger partial charge in [-0.1, -0.05) is 12.1 Å². The highest BCUT2D eigenvalue weighted by molar-refractivity contribution is 5.67. The molecule has 124 valence electrons. The van der Waals surface area contributed by atoms with E-state index in [2.05, 4.69) is 15.0 Å². The van der Waals surface area contributed by atoms with Gasteiger partial charge in [-0.2, -0.15) is 9.61 Å². The highest BCUT2D eigenvalue weighted by Crippen LogP contribution is 2.27. The standard InChI is InChI=1S/C17H18FN5O/c18-14-4-2-1-3-13(14)15-9-17(23-16(21-15)5-6-20-23)22-7-8-24-12(10-19)11-22/h1-6,9,12H,7-8,10-11,19H2. The quantitative estimate of drug-likeness (QED) is 0.793. The molecule has 1 atom stereocenters. The lowest BCUT2D eigenvalue weighted by atomic mass is 10.1. The lowest BCUT2D eigenvalue weighted by Gasteiger charge is -2.34. The number of nitrogens with two attached hydrogens (primary N) is 1. The number of ether oxygens (including phenoxy) is 1. The number of morpholine rings is 1. The van der Waals surface area contributed by atoms with Gasteiger partial charge >= 0.3 is 0 Å². The minimum Gasteiger partial charge on any atom is -0.373 e. The summed E-state index contributed by atoms with van der Waals surface area (Å²) in [6.45, 7) is 2.46. The summed E-state index contributed by atoms with van der Waals surface area (Å²) in [5.41, 5.74) is 7.49. The van der Waals surface area contributed by atoms with E-state index in [0.717, 1.165) is 12.4 Å². The highest BCUT2D eigenvalue weighted by atomic mass is 19.1. The van der Waals surface area contributed by atoms with Crippen LogP contribution in [0.25, 0.3) is 16.9 Å². The normalized spacial score (nSPS) is 18.2. The third-order valence-electron chi connectivity index (χ3n) is 4.22. The van der Waals surface area contributed by atoms with E-state index in [0.29, 0.717) is 36.6 Å². The van der Waals surface area contributed by atoms with Gasteiger partial charge in [0.1, 0.15) is 11.6 Å². The molecule has 0 radical (unpaired) electrons. The molecule has 24 heavy (non-hydrogen) atoms. The van der Waals surface area contributed by atoms with Crippen molar-refractivity contribution in [2.24, 2.45) is 5.73 Å². The molecule has 1 aliphatic heterocycles. The Labute approximate surface area is 138 Å². The van der Waals surface area contributed by atoms with E-state index in [1.807, 2.05) is 12.1 Å². The topological polar surface area (TPSA) is 68.7 Å². The fourth-order valence-electron chi connectivity index (χ4n) is 3.00. The third-order valence-corrected chi connectivity index (χ3v) is 4.22. The molecular weight excluding hydrogens is 309 g/mol.